The summed E-state index contributed by atoms with van der Waals surface area (Å²) in [6.45, 7) is 5.86. The Kier molecular flexibility index (Phi) is 7.94. The van der Waals surface area contributed by atoms with Gasteiger partial charge in [-0.1, -0.05) is 37.6 Å². The monoisotopic (exact) mass is 396 g/mol. The number of nitrogens with one attached hydrogen (secondary N) is 1. The minimum Gasteiger partial charge on any atom is -0.497 e. The predicted molar refractivity (Wildman–Crippen MR) is 115 cm³/mol. The van der Waals surface area contributed by atoms with Gasteiger partial charge in [0.05, 0.1) is 7.11 Å². The second-order valence-electron chi connectivity index (χ2n) is 7.56. The Morgan fingerprint density at radius 1 is 0.966 bits per heavy atom. The average molecular weight is 397 g/mol. The van der Waals surface area contributed by atoms with Gasteiger partial charge in [0.1, 0.15) is 11.5 Å². The van der Waals surface area contributed by atoms with Gasteiger partial charge in [0, 0.05) is 13.1 Å². The van der Waals surface area contributed by atoms with Crippen LogP contribution in [0.5, 0.6) is 11.5 Å². The normalized spacial score (nSPS) is 15.5. The van der Waals surface area contributed by atoms with Crippen LogP contribution in [0.2, 0.25) is 0 Å². The maximum Gasteiger partial charge on any atom is 0.261 e. The van der Waals surface area contributed by atoms with E-state index in [1.54, 1.807) is 7.11 Å². The lowest BCUT2D eigenvalue weighted by atomic mass is 10.1. The molecule has 0 bridgehead atoms. The van der Waals surface area contributed by atoms with Crippen LogP contribution >= 0.6 is 0 Å². The molecule has 1 saturated heterocycles. The van der Waals surface area contributed by atoms with E-state index in [4.69, 9.17) is 9.47 Å². The zero-order chi connectivity index (χ0) is 20.5. The number of carbonyl (C=O) groups excluding carboxylic acids is 1. The van der Waals surface area contributed by atoms with Crippen LogP contribution < -0.4 is 14.8 Å². The first-order valence-corrected chi connectivity index (χ1v) is 10.6. The number of likely N-dealkylation sites (tertiary alicyclic amines) is 1. The smallest absolute Gasteiger partial charge is 0.261 e. The van der Waals surface area contributed by atoms with Crippen molar-refractivity contribution in [2.45, 2.75) is 51.8 Å². The Hall–Kier alpha value is -2.53. The molecule has 1 heterocycles. The van der Waals surface area contributed by atoms with Crippen molar-refractivity contribution in [1.82, 2.24) is 10.2 Å². The summed E-state index contributed by atoms with van der Waals surface area (Å²) < 4.78 is 11.0. The maximum absolute atomic E-state index is 12.5. The fourth-order valence-electron chi connectivity index (χ4n) is 3.58. The third kappa shape index (κ3) is 6.50. The van der Waals surface area contributed by atoms with E-state index in [0.29, 0.717) is 18.7 Å². The number of nitrogens with zero attached hydrogens (tertiary/aromatic N) is 1. The van der Waals surface area contributed by atoms with Gasteiger partial charge in [-0.3, -0.25) is 9.69 Å². The fraction of sp³-hybridized carbons (Fsp3) is 0.458. The molecule has 1 N–H and O–H groups in total. The molecule has 0 saturated carbocycles. The Labute approximate surface area is 174 Å². The number of ether oxygens (including phenoxy) is 2. The molecule has 3 rings (SSSR count). The molecule has 1 atom stereocenters. The summed E-state index contributed by atoms with van der Waals surface area (Å²) >= 11 is 0. The van der Waals surface area contributed by atoms with Crippen molar-refractivity contribution in [3.05, 3.63) is 59.7 Å². The highest BCUT2D eigenvalue weighted by atomic mass is 16.5. The van der Waals surface area contributed by atoms with Gasteiger partial charge in [0.25, 0.3) is 5.91 Å². The van der Waals surface area contributed by atoms with E-state index in [1.807, 2.05) is 31.2 Å². The van der Waals surface area contributed by atoms with Crippen molar-refractivity contribution in [1.29, 1.82) is 0 Å². The standard InChI is InChI=1S/C24H32N2O3/c1-3-23(29-22-13-11-21(28-2)12-14-22)24(27)25-17-19-7-9-20(10-8-19)18-26-15-5-4-6-16-26/h7-14,23H,3-6,15-18H2,1-2H3,(H,25,27)/t23-/m1/s1. The molecule has 2 aromatic carbocycles. The van der Waals surface area contributed by atoms with Crippen molar-refractivity contribution in [3.63, 3.8) is 0 Å². The van der Waals surface area contributed by atoms with Gasteiger partial charge in [-0.25, -0.2) is 0 Å². The van der Waals surface area contributed by atoms with Crippen LogP contribution in [0.3, 0.4) is 0 Å². The highest BCUT2D eigenvalue weighted by Gasteiger charge is 2.18. The molecule has 0 radical (unpaired) electrons. The van der Waals surface area contributed by atoms with Gasteiger partial charge in [-0.2, -0.15) is 0 Å². The lowest BCUT2D eigenvalue weighted by Crippen LogP contribution is -2.37. The van der Waals surface area contributed by atoms with Crippen LogP contribution in [0.25, 0.3) is 0 Å². The van der Waals surface area contributed by atoms with E-state index in [2.05, 4.69) is 34.5 Å². The number of rotatable bonds is 9. The lowest BCUT2D eigenvalue weighted by molar-refractivity contribution is -0.128. The molecule has 0 aromatic heterocycles. The zero-order valence-electron chi connectivity index (χ0n) is 17.5. The van der Waals surface area contributed by atoms with E-state index < -0.39 is 6.10 Å². The number of amides is 1. The van der Waals surface area contributed by atoms with E-state index in [9.17, 15) is 4.79 Å². The quantitative estimate of drug-likeness (QED) is 0.692. The van der Waals surface area contributed by atoms with Crippen LogP contribution in [0.1, 0.15) is 43.7 Å². The number of benzene rings is 2. The number of piperidine rings is 1. The summed E-state index contributed by atoms with van der Waals surface area (Å²) in [6, 6.07) is 15.8. The summed E-state index contributed by atoms with van der Waals surface area (Å²) in [6.07, 6.45) is 4.06. The van der Waals surface area contributed by atoms with Crippen LogP contribution in [-0.2, 0) is 17.9 Å². The molecule has 156 valence electrons. The molecule has 1 aliphatic heterocycles. The molecule has 0 unspecified atom stereocenters. The Bertz CT molecular complexity index is 753. The largest absolute Gasteiger partial charge is 0.497 e. The minimum atomic E-state index is -0.512. The van der Waals surface area contributed by atoms with Crippen LogP contribution in [-0.4, -0.2) is 37.1 Å². The van der Waals surface area contributed by atoms with Gasteiger partial charge in [0.2, 0.25) is 0 Å². The Morgan fingerprint density at radius 3 is 2.21 bits per heavy atom. The molecule has 29 heavy (non-hydrogen) atoms. The maximum atomic E-state index is 12.5. The van der Waals surface area contributed by atoms with Crippen LogP contribution in [0, 0.1) is 0 Å². The van der Waals surface area contributed by atoms with E-state index in [1.165, 1.54) is 37.9 Å². The SMILES string of the molecule is CC[C@@H](Oc1ccc(OC)cc1)C(=O)NCc1ccc(CN2CCCCC2)cc1. The zero-order valence-corrected chi connectivity index (χ0v) is 17.5. The van der Waals surface area contributed by atoms with Gasteiger partial charge in [0.15, 0.2) is 6.10 Å². The fourth-order valence-corrected chi connectivity index (χ4v) is 3.58. The van der Waals surface area contributed by atoms with Gasteiger partial charge in [-0.15, -0.1) is 0 Å². The summed E-state index contributed by atoms with van der Waals surface area (Å²) in [4.78, 5) is 15.1. The minimum absolute atomic E-state index is 0.0966. The molecule has 2 aromatic rings. The highest BCUT2D eigenvalue weighted by molar-refractivity contribution is 5.81. The van der Waals surface area contributed by atoms with Crippen molar-refractivity contribution >= 4 is 5.91 Å². The average Bonchev–Trinajstić information content (AvgIpc) is 2.78. The second-order valence-corrected chi connectivity index (χ2v) is 7.56. The summed E-state index contributed by atoms with van der Waals surface area (Å²) in [5.41, 5.74) is 2.43. The molecule has 1 fully saturated rings. The number of hydrogen-bond acceptors (Lipinski definition) is 4. The number of carbonyl (C=O) groups is 1. The topological polar surface area (TPSA) is 50.8 Å². The van der Waals surface area contributed by atoms with Crippen molar-refractivity contribution < 1.29 is 14.3 Å². The van der Waals surface area contributed by atoms with Crippen molar-refractivity contribution in [2.75, 3.05) is 20.2 Å². The lowest BCUT2D eigenvalue weighted by Gasteiger charge is -2.26. The Balaban J connectivity index is 1.47. The van der Waals surface area contributed by atoms with E-state index >= 15 is 0 Å². The first kappa shape index (κ1) is 21.2. The molecule has 5 nitrogen and oxygen atoms in total. The summed E-state index contributed by atoms with van der Waals surface area (Å²) in [5.74, 6) is 1.33. The van der Waals surface area contributed by atoms with E-state index in [-0.39, 0.29) is 5.91 Å². The summed E-state index contributed by atoms with van der Waals surface area (Å²) in [7, 11) is 1.62. The van der Waals surface area contributed by atoms with Crippen LogP contribution in [0.15, 0.2) is 48.5 Å². The molecule has 0 aliphatic carbocycles. The summed E-state index contributed by atoms with van der Waals surface area (Å²) in [5, 5.41) is 2.99. The van der Waals surface area contributed by atoms with Crippen LogP contribution in [0.4, 0.5) is 0 Å². The van der Waals surface area contributed by atoms with Crippen molar-refractivity contribution in [2.24, 2.45) is 0 Å². The third-order valence-electron chi connectivity index (χ3n) is 5.35. The Morgan fingerprint density at radius 2 is 1.59 bits per heavy atom. The second kappa shape index (κ2) is 10.9. The van der Waals surface area contributed by atoms with Crippen molar-refractivity contribution in [3.8, 4) is 11.5 Å². The van der Waals surface area contributed by atoms with Gasteiger partial charge < -0.3 is 14.8 Å². The molecule has 1 amide bonds. The molecular formula is C24H32N2O3. The molecule has 1 aliphatic rings. The molecule has 5 heteroatoms. The molecule has 0 spiro atoms. The number of hydrogen-bond donors (Lipinski definition) is 1. The first-order valence-electron chi connectivity index (χ1n) is 10.6. The van der Waals surface area contributed by atoms with Gasteiger partial charge in [-0.05, 0) is 67.7 Å². The molecular weight excluding hydrogens is 364 g/mol. The van der Waals surface area contributed by atoms with E-state index in [0.717, 1.165) is 17.9 Å². The highest BCUT2D eigenvalue weighted by Crippen LogP contribution is 2.19. The third-order valence-corrected chi connectivity index (χ3v) is 5.35. The predicted octanol–water partition coefficient (Wildman–Crippen LogP) is 4.15. The van der Waals surface area contributed by atoms with Gasteiger partial charge >= 0.3 is 0 Å². The first-order chi connectivity index (χ1) is 14.2. The number of methoxy groups -OCH3 is 1.